The predicted molar refractivity (Wildman–Crippen MR) is 144 cm³/mol. The molecule has 2 bridgehead atoms. The van der Waals surface area contributed by atoms with E-state index in [2.05, 4.69) is 10.2 Å². The number of likely N-dealkylation sites (N-methyl/N-ethyl adjacent to an activating group) is 1. The van der Waals surface area contributed by atoms with E-state index in [9.17, 15) is 19.2 Å². The molecule has 2 aliphatic heterocycles. The minimum Gasteiger partial charge on any atom is -0.449 e. The van der Waals surface area contributed by atoms with E-state index in [1.807, 2.05) is 32.0 Å². The van der Waals surface area contributed by atoms with Crippen LogP contribution in [-0.4, -0.2) is 80.8 Å². The zero-order chi connectivity index (χ0) is 27.8. The second-order valence-corrected chi connectivity index (χ2v) is 11.3. The van der Waals surface area contributed by atoms with Crippen molar-refractivity contribution < 1.29 is 19.1 Å². The first kappa shape index (κ1) is 27.7. The maximum Gasteiger partial charge on any atom is 0.410 e. The number of amides is 3. The van der Waals surface area contributed by atoms with Crippen molar-refractivity contribution >= 4 is 29.1 Å². The van der Waals surface area contributed by atoms with E-state index in [0.717, 1.165) is 37.7 Å². The van der Waals surface area contributed by atoms with Crippen molar-refractivity contribution in [3.8, 4) is 0 Å². The lowest BCUT2D eigenvalue weighted by molar-refractivity contribution is -0.126. The van der Waals surface area contributed by atoms with Gasteiger partial charge >= 0.3 is 17.8 Å². The molecular weight excluding hydrogens is 488 g/mol. The van der Waals surface area contributed by atoms with Gasteiger partial charge in [-0.05, 0) is 71.9 Å². The third-order valence-electron chi connectivity index (χ3n) is 8.21. The number of para-hydroxylation sites is 2. The molecule has 2 aliphatic rings. The van der Waals surface area contributed by atoms with Gasteiger partial charge in [-0.1, -0.05) is 12.1 Å². The average Bonchev–Trinajstić information content (AvgIpc) is 3.29. The third kappa shape index (κ3) is 5.16. The van der Waals surface area contributed by atoms with Crippen molar-refractivity contribution in [2.45, 2.75) is 89.5 Å². The van der Waals surface area contributed by atoms with Gasteiger partial charge in [0.05, 0.1) is 17.6 Å². The van der Waals surface area contributed by atoms with E-state index in [1.54, 1.807) is 24.5 Å². The highest BCUT2D eigenvalue weighted by molar-refractivity contribution is 5.89. The van der Waals surface area contributed by atoms with Gasteiger partial charge in [0.1, 0.15) is 5.54 Å². The molecule has 0 saturated carbocycles. The minimum atomic E-state index is -1.13. The van der Waals surface area contributed by atoms with Gasteiger partial charge in [-0.15, -0.1) is 0 Å². The lowest BCUT2D eigenvalue weighted by Crippen LogP contribution is -2.54. The smallest absolute Gasteiger partial charge is 0.410 e. The molecule has 208 valence electrons. The molecule has 38 heavy (non-hydrogen) atoms. The number of primary amides is 1. The summed E-state index contributed by atoms with van der Waals surface area (Å²) < 4.78 is 8.28. The van der Waals surface area contributed by atoms with Crippen LogP contribution in [-0.2, 0) is 9.53 Å². The highest BCUT2D eigenvalue weighted by Gasteiger charge is 2.41. The summed E-state index contributed by atoms with van der Waals surface area (Å²) in [5, 5.41) is 3.13. The first-order valence-corrected chi connectivity index (χ1v) is 13.4. The van der Waals surface area contributed by atoms with Gasteiger partial charge in [-0.2, -0.15) is 0 Å². The zero-order valence-electron chi connectivity index (χ0n) is 23.0. The first-order valence-electron chi connectivity index (χ1n) is 13.4. The summed E-state index contributed by atoms with van der Waals surface area (Å²) in [7, 11) is 1.50. The van der Waals surface area contributed by atoms with Crippen LogP contribution >= 0.6 is 0 Å². The largest absolute Gasteiger partial charge is 0.449 e. The Morgan fingerprint density at radius 2 is 1.74 bits per heavy atom. The molecule has 11 nitrogen and oxygen atoms in total. The quantitative estimate of drug-likeness (QED) is 0.507. The third-order valence-corrected chi connectivity index (χ3v) is 8.21. The Morgan fingerprint density at radius 3 is 2.32 bits per heavy atom. The normalized spacial score (nSPS) is 21.6. The Labute approximate surface area is 222 Å². The molecule has 2 saturated heterocycles. The highest BCUT2D eigenvalue weighted by Crippen LogP contribution is 2.36. The number of nitrogens with one attached hydrogen (secondary N) is 1. The second kappa shape index (κ2) is 10.8. The number of carbonyl (C=O) groups is 3. The Bertz CT molecular complexity index is 1250. The highest BCUT2D eigenvalue weighted by atomic mass is 16.6. The van der Waals surface area contributed by atoms with Crippen molar-refractivity contribution in [3.63, 3.8) is 0 Å². The summed E-state index contributed by atoms with van der Waals surface area (Å²) in [6.45, 7) is 8.06. The predicted octanol–water partition coefficient (Wildman–Crippen LogP) is 2.66. The number of fused-ring (bicyclic) bond motifs is 3. The van der Waals surface area contributed by atoms with Crippen molar-refractivity contribution in [2.75, 3.05) is 20.2 Å². The average molecular weight is 529 g/mol. The van der Waals surface area contributed by atoms with Gasteiger partial charge in [0, 0.05) is 37.8 Å². The van der Waals surface area contributed by atoms with E-state index in [0.29, 0.717) is 24.0 Å². The van der Waals surface area contributed by atoms with E-state index >= 15 is 0 Å². The number of ether oxygens (including phenoxy) is 1. The standard InChI is InChI=1S/C27H40N6O5/c1-17(2)32-21-9-6-7-10-22(21)33(25(32)36)24(35)29-18-15-19-11-12-20(16-18)31(19)13-8-14-38-26(37)30(5)27(3,4)23(28)34/h6-7,9-10,17-20H,8,11-16H2,1-5H3,(H2,28,34)(H,29,35)/t18?,19-,20+. The lowest BCUT2D eigenvalue weighted by Gasteiger charge is -2.39. The monoisotopic (exact) mass is 528 g/mol. The summed E-state index contributed by atoms with van der Waals surface area (Å²) in [4.78, 5) is 54.0. The van der Waals surface area contributed by atoms with Gasteiger partial charge in [0.25, 0.3) is 0 Å². The van der Waals surface area contributed by atoms with Crippen LogP contribution in [0.4, 0.5) is 9.59 Å². The van der Waals surface area contributed by atoms with Crippen LogP contribution in [0.3, 0.4) is 0 Å². The van der Waals surface area contributed by atoms with E-state index in [-0.39, 0.29) is 30.4 Å². The topological polar surface area (TPSA) is 132 Å². The Balaban J connectivity index is 1.32. The molecule has 0 aliphatic carbocycles. The molecular formula is C27H40N6O5. The molecule has 0 radical (unpaired) electrons. The van der Waals surface area contributed by atoms with Gasteiger partial charge in [-0.25, -0.2) is 19.0 Å². The fourth-order valence-corrected chi connectivity index (χ4v) is 5.76. The summed E-state index contributed by atoms with van der Waals surface area (Å²) in [5.74, 6) is -0.598. The first-order chi connectivity index (χ1) is 17.9. The van der Waals surface area contributed by atoms with Crippen LogP contribution in [0.5, 0.6) is 0 Å². The summed E-state index contributed by atoms with van der Waals surface area (Å²) in [6, 6.07) is 7.61. The Kier molecular flexibility index (Phi) is 7.87. The van der Waals surface area contributed by atoms with Crippen molar-refractivity contribution in [3.05, 3.63) is 34.7 Å². The number of nitrogens with zero attached hydrogens (tertiary/aromatic N) is 4. The van der Waals surface area contributed by atoms with Gasteiger partial charge in [0.2, 0.25) is 5.91 Å². The number of piperidine rings is 1. The van der Waals surface area contributed by atoms with Gasteiger partial charge in [-0.3, -0.25) is 19.2 Å². The Hall–Kier alpha value is -3.34. The van der Waals surface area contributed by atoms with Crippen molar-refractivity contribution in [2.24, 2.45) is 5.73 Å². The SMILES string of the molecule is CC(C)n1c(=O)n(C(=O)NC2C[C@H]3CC[C@@H](C2)N3CCCOC(=O)N(C)C(C)(C)C(N)=O)c2ccccc21. The molecule has 3 amide bonds. The molecule has 3 atom stereocenters. The van der Waals surface area contributed by atoms with Crippen LogP contribution in [0.25, 0.3) is 11.0 Å². The van der Waals surface area contributed by atoms with Crippen LogP contribution in [0.15, 0.2) is 29.1 Å². The van der Waals surface area contributed by atoms with E-state index in [1.165, 1.54) is 16.5 Å². The van der Waals surface area contributed by atoms with E-state index in [4.69, 9.17) is 10.5 Å². The number of carbonyl (C=O) groups excluding carboxylic acids is 3. The van der Waals surface area contributed by atoms with Crippen LogP contribution in [0.1, 0.15) is 65.8 Å². The van der Waals surface area contributed by atoms with Gasteiger partial charge < -0.3 is 15.8 Å². The lowest BCUT2D eigenvalue weighted by atomic mass is 9.97. The number of aromatic nitrogens is 2. The summed E-state index contributed by atoms with van der Waals surface area (Å²) in [6.07, 6.45) is 3.83. The molecule has 11 heteroatoms. The summed E-state index contributed by atoms with van der Waals surface area (Å²) in [5.41, 5.74) is 5.30. The number of nitrogens with two attached hydrogens (primary N) is 1. The van der Waals surface area contributed by atoms with Gasteiger partial charge in [0.15, 0.2) is 0 Å². The summed E-state index contributed by atoms with van der Waals surface area (Å²) >= 11 is 0. The number of imidazole rings is 1. The molecule has 4 rings (SSSR count). The number of hydrogen-bond acceptors (Lipinski definition) is 6. The second-order valence-electron chi connectivity index (χ2n) is 11.3. The molecule has 2 aromatic rings. The molecule has 0 spiro atoms. The number of benzene rings is 1. The zero-order valence-corrected chi connectivity index (χ0v) is 23.0. The molecule has 1 aromatic heterocycles. The molecule has 1 unspecified atom stereocenters. The van der Waals surface area contributed by atoms with E-state index < -0.39 is 17.5 Å². The fourth-order valence-electron chi connectivity index (χ4n) is 5.76. The minimum absolute atomic E-state index is 0.00757. The van der Waals surface area contributed by atoms with Crippen molar-refractivity contribution in [1.82, 2.24) is 24.3 Å². The Morgan fingerprint density at radius 1 is 1.13 bits per heavy atom. The van der Waals surface area contributed by atoms with Crippen LogP contribution in [0, 0.1) is 0 Å². The van der Waals surface area contributed by atoms with Crippen LogP contribution < -0.4 is 16.7 Å². The molecule has 3 heterocycles. The molecule has 2 fully saturated rings. The molecule has 1 aromatic carbocycles. The fraction of sp³-hybridized carbons (Fsp3) is 0.630. The maximum atomic E-state index is 13.3. The number of rotatable bonds is 8. The number of hydrogen-bond donors (Lipinski definition) is 2. The van der Waals surface area contributed by atoms with Crippen LogP contribution in [0.2, 0.25) is 0 Å². The van der Waals surface area contributed by atoms with Crippen molar-refractivity contribution in [1.29, 1.82) is 0 Å². The molecule has 3 N–H and O–H groups in total. The maximum absolute atomic E-state index is 13.3.